The number of likely N-dealkylation sites (tertiary alicyclic amines) is 1. The fourth-order valence-corrected chi connectivity index (χ4v) is 5.64. The van der Waals surface area contributed by atoms with Gasteiger partial charge in [-0.05, 0) is 56.8 Å². The number of piperidine rings is 1. The summed E-state index contributed by atoms with van der Waals surface area (Å²) in [6.07, 6.45) is 2.75. The number of phenols is 1. The standard InChI is InChI=1S/C19H27NO4/c1-20-7-6-19-10-14(21)16(24-3)9-12(19)13(20)8-11-4-5-15(23-2)18(22)17(11)19/h4-5,12-14,16,21-22H,6-10H2,1-3H3/t12-,13+,14-,16-,19-/m1/s1. The van der Waals surface area contributed by atoms with Crippen LogP contribution in [0.15, 0.2) is 12.1 Å². The van der Waals surface area contributed by atoms with Crippen molar-refractivity contribution in [3.63, 3.8) is 0 Å². The minimum absolute atomic E-state index is 0.119. The third kappa shape index (κ3) is 2.04. The number of benzene rings is 1. The van der Waals surface area contributed by atoms with Gasteiger partial charge in [-0.1, -0.05) is 6.07 Å². The SMILES string of the molecule is COc1ccc2c(c1O)[C@@]13CCN(C)[C@@H](C2)[C@H]1C[C@@H](OC)[C@H](O)C3. The summed E-state index contributed by atoms with van der Waals surface area (Å²) in [5.74, 6) is 1.18. The summed E-state index contributed by atoms with van der Waals surface area (Å²) < 4.78 is 10.9. The molecule has 0 amide bonds. The van der Waals surface area contributed by atoms with Crippen LogP contribution in [0.4, 0.5) is 0 Å². The van der Waals surface area contributed by atoms with Gasteiger partial charge >= 0.3 is 0 Å². The fourth-order valence-electron chi connectivity index (χ4n) is 5.64. The number of hydrogen-bond acceptors (Lipinski definition) is 5. The summed E-state index contributed by atoms with van der Waals surface area (Å²) in [5, 5.41) is 21.6. The molecular weight excluding hydrogens is 306 g/mol. The van der Waals surface area contributed by atoms with Crippen molar-refractivity contribution in [2.75, 3.05) is 27.8 Å². The molecule has 132 valence electrons. The molecular formula is C19H27NO4. The Bertz CT molecular complexity index is 648. The Kier molecular flexibility index (Phi) is 3.79. The van der Waals surface area contributed by atoms with Gasteiger partial charge in [0.2, 0.25) is 0 Å². The van der Waals surface area contributed by atoms with E-state index in [2.05, 4.69) is 18.0 Å². The van der Waals surface area contributed by atoms with Crippen LogP contribution in [0.25, 0.3) is 0 Å². The van der Waals surface area contributed by atoms with E-state index in [4.69, 9.17) is 9.47 Å². The van der Waals surface area contributed by atoms with Crippen molar-refractivity contribution in [3.8, 4) is 11.5 Å². The fraction of sp³-hybridized carbons (Fsp3) is 0.684. The van der Waals surface area contributed by atoms with Gasteiger partial charge in [-0.25, -0.2) is 0 Å². The van der Waals surface area contributed by atoms with Crippen molar-refractivity contribution in [2.24, 2.45) is 5.92 Å². The Balaban J connectivity index is 1.89. The summed E-state index contributed by atoms with van der Waals surface area (Å²) >= 11 is 0. The Labute approximate surface area is 143 Å². The van der Waals surface area contributed by atoms with Crippen molar-refractivity contribution in [3.05, 3.63) is 23.3 Å². The monoisotopic (exact) mass is 333 g/mol. The highest BCUT2D eigenvalue weighted by atomic mass is 16.5. The van der Waals surface area contributed by atoms with Gasteiger partial charge in [-0.2, -0.15) is 0 Å². The summed E-state index contributed by atoms with van der Waals surface area (Å²) in [7, 11) is 5.46. The van der Waals surface area contributed by atoms with Crippen LogP contribution in [0.2, 0.25) is 0 Å². The lowest BCUT2D eigenvalue weighted by Crippen LogP contribution is -2.63. The first kappa shape index (κ1) is 16.2. The molecule has 5 nitrogen and oxygen atoms in total. The maximum absolute atomic E-state index is 10.9. The van der Waals surface area contributed by atoms with E-state index >= 15 is 0 Å². The number of methoxy groups -OCH3 is 2. The summed E-state index contributed by atoms with van der Waals surface area (Å²) in [4.78, 5) is 2.44. The van der Waals surface area contributed by atoms with Crippen LogP contribution in [0, 0.1) is 5.92 Å². The highest BCUT2D eigenvalue weighted by Gasteiger charge is 2.58. The van der Waals surface area contributed by atoms with Gasteiger partial charge in [-0.15, -0.1) is 0 Å². The smallest absolute Gasteiger partial charge is 0.161 e. The van der Waals surface area contributed by atoms with E-state index in [0.29, 0.717) is 24.1 Å². The third-order valence-corrected chi connectivity index (χ3v) is 6.82. The number of hydrogen-bond donors (Lipinski definition) is 2. The van der Waals surface area contributed by atoms with E-state index in [0.717, 1.165) is 31.4 Å². The highest BCUT2D eigenvalue weighted by Crippen LogP contribution is 2.59. The molecule has 0 radical (unpaired) electrons. The van der Waals surface area contributed by atoms with E-state index < -0.39 is 6.10 Å². The van der Waals surface area contributed by atoms with Crippen molar-refractivity contribution in [2.45, 2.75) is 49.3 Å². The number of fused-ring (bicyclic) bond motifs is 1. The molecule has 1 aromatic carbocycles. The lowest BCUT2D eigenvalue weighted by Gasteiger charge is -2.60. The molecule has 1 aliphatic heterocycles. The average molecular weight is 333 g/mol. The van der Waals surface area contributed by atoms with Crippen LogP contribution in [0.5, 0.6) is 11.5 Å². The zero-order valence-electron chi connectivity index (χ0n) is 14.7. The molecule has 1 saturated heterocycles. The molecule has 0 aromatic heterocycles. The first-order chi connectivity index (χ1) is 11.5. The lowest BCUT2D eigenvalue weighted by molar-refractivity contribution is -0.114. The Hall–Kier alpha value is -1.30. The number of rotatable bonds is 2. The number of phenolic OH excluding ortho intramolecular Hbond substituents is 1. The molecule has 1 heterocycles. The molecule has 24 heavy (non-hydrogen) atoms. The maximum atomic E-state index is 10.9. The van der Waals surface area contributed by atoms with Crippen molar-refractivity contribution >= 4 is 0 Å². The predicted octanol–water partition coefficient (Wildman–Crippen LogP) is 1.68. The maximum Gasteiger partial charge on any atom is 0.161 e. The molecule has 0 unspecified atom stereocenters. The zero-order valence-corrected chi connectivity index (χ0v) is 14.7. The van der Waals surface area contributed by atoms with Gasteiger partial charge in [0, 0.05) is 24.1 Å². The van der Waals surface area contributed by atoms with Gasteiger partial charge < -0.3 is 24.6 Å². The van der Waals surface area contributed by atoms with Gasteiger partial charge in [0.05, 0.1) is 19.3 Å². The van der Waals surface area contributed by atoms with Crippen LogP contribution in [-0.2, 0) is 16.6 Å². The Morgan fingerprint density at radius 2 is 2.08 bits per heavy atom. The molecule has 5 atom stereocenters. The molecule has 1 aromatic rings. The van der Waals surface area contributed by atoms with Crippen LogP contribution in [-0.4, -0.2) is 61.2 Å². The molecule has 2 N–H and O–H groups in total. The molecule has 0 spiro atoms. The molecule has 4 rings (SSSR count). The quantitative estimate of drug-likeness (QED) is 0.862. The minimum Gasteiger partial charge on any atom is -0.504 e. The van der Waals surface area contributed by atoms with Gasteiger partial charge in [0.25, 0.3) is 0 Å². The molecule has 2 bridgehead atoms. The van der Waals surface area contributed by atoms with Gasteiger partial charge in [0.15, 0.2) is 11.5 Å². The van der Waals surface area contributed by atoms with Gasteiger partial charge in [-0.3, -0.25) is 0 Å². The number of ether oxygens (including phenoxy) is 2. The van der Waals surface area contributed by atoms with E-state index in [1.54, 1.807) is 14.2 Å². The van der Waals surface area contributed by atoms with Crippen molar-refractivity contribution in [1.29, 1.82) is 0 Å². The van der Waals surface area contributed by atoms with Crippen LogP contribution < -0.4 is 4.74 Å². The number of nitrogens with zero attached hydrogens (tertiary/aromatic N) is 1. The van der Waals surface area contributed by atoms with E-state index in [9.17, 15) is 10.2 Å². The van der Waals surface area contributed by atoms with Crippen LogP contribution in [0.1, 0.15) is 30.4 Å². The number of aromatic hydroxyl groups is 1. The molecule has 2 aliphatic carbocycles. The zero-order chi connectivity index (χ0) is 17.1. The first-order valence-corrected chi connectivity index (χ1v) is 8.82. The highest BCUT2D eigenvalue weighted by molar-refractivity contribution is 5.56. The molecule has 2 fully saturated rings. The molecule has 1 saturated carbocycles. The van der Waals surface area contributed by atoms with E-state index in [1.165, 1.54) is 5.56 Å². The summed E-state index contributed by atoms with van der Waals surface area (Å²) in [6.45, 7) is 0.988. The van der Waals surface area contributed by atoms with Crippen LogP contribution >= 0.6 is 0 Å². The number of likely N-dealkylation sites (N-methyl/N-ethyl adjacent to an activating group) is 1. The lowest BCUT2D eigenvalue weighted by atomic mass is 9.51. The topological polar surface area (TPSA) is 62.2 Å². The van der Waals surface area contributed by atoms with E-state index in [-0.39, 0.29) is 17.3 Å². The van der Waals surface area contributed by atoms with Crippen molar-refractivity contribution in [1.82, 2.24) is 4.90 Å². The van der Waals surface area contributed by atoms with E-state index in [1.807, 2.05) is 6.07 Å². The summed E-state index contributed by atoms with van der Waals surface area (Å²) in [5.41, 5.74) is 2.03. The average Bonchev–Trinajstić information content (AvgIpc) is 2.57. The second kappa shape index (κ2) is 5.61. The molecule has 5 heteroatoms. The minimum atomic E-state index is -0.494. The second-order valence-electron chi connectivity index (χ2n) is 7.70. The van der Waals surface area contributed by atoms with Gasteiger partial charge in [0.1, 0.15) is 0 Å². The predicted molar refractivity (Wildman–Crippen MR) is 90.6 cm³/mol. The van der Waals surface area contributed by atoms with Crippen LogP contribution in [0.3, 0.4) is 0 Å². The second-order valence-corrected chi connectivity index (χ2v) is 7.70. The molecule has 3 aliphatic rings. The number of aliphatic hydroxyl groups is 1. The number of aliphatic hydroxyl groups excluding tert-OH is 1. The van der Waals surface area contributed by atoms with Crippen molar-refractivity contribution < 1.29 is 19.7 Å². The third-order valence-electron chi connectivity index (χ3n) is 6.82. The Morgan fingerprint density at radius 3 is 2.79 bits per heavy atom. The largest absolute Gasteiger partial charge is 0.504 e. The Morgan fingerprint density at radius 1 is 1.29 bits per heavy atom. The first-order valence-electron chi connectivity index (χ1n) is 8.82. The summed E-state index contributed by atoms with van der Waals surface area (Å²) in [6, 6.07) is 4.38. The normalized spacial score (nSPS) is 38.3.